The number of aryl methyl sites for hydroxylation is 1. The van der Waals surface area contributed by atoms with Crippen molar-refractivity contribution in [3.8, 4) is 5.75 Å². The van der Waals surface area contributed by atoms with Gasteiger partial charge in [0.15, 0.2) is 6.61 Å². The number of nitrogens with zero attached hydrogens (tertiary/aromatic N) is 1. The number of sulfonamides is 1. The molecule has 9 heteroatoms. The summed E-state index contributed by atoms with van der Waals surface area (Å²) >= 11 is 6.13. The third kappa shape index (κ3) is 5.48. The summed E-state index contributed by atoms with van der Waals surface area (Å²) in [5, 5.41) is 2.75. The molecular weight excluding hydrogens is 416 g/mol. The Balaban J connectivity index is 1.66. The minimum absolute atomic E-state index is 0.0464. The van der Waals surface area contributed by atoms with Gasteiger partial charge in [-0.05, 0) is 42.3 Å². The molecule has 1 saturated heterocycles. The van der Waals surface area contributed by atoms with E-state index in [1.54, 1.807) is 18.2 Å². The third-order valence-electron chi connectivity index (χ3n) is 4.50. The Morgan fingerprint density at radius 3 is 2.52 bits per heavy atom. The van der Waals surface area contributed by atoms with E-state index < -0.39 is 15.9 Å². The van der Waals surface area contributed by atoms with E-state index in [0.717, 1.165) is 6.42 Å². The molecule has 1 aliphatic heterocycles. The van der Waals surface area contributed by atoms with E-state index >= 15 is 0 Å². The highest BCUT2D eigenvalue weighted by Crippen LogP contribution is 2.28. The molecule has 29 heavy (non-hydrogen) atoms. The van der Waals surface area contributed by atoms with Crippen LogP contribution < -0.4 is 10.1 Å². The highest BCUT2D eigenvalue weighted by atomic mass is 35.5. The Morgan fingerprint density at radius 2 is 1.86 bits per heavy atom. The van der Waals surface area contributed by atoms with Crippen molar-refractivity contribution in [1.82, 2.24) is 4.31 Å². The lowest BCUT2D eigenvalue weighted by Crippen LogP contribution is -2.40. The molecule has 0 radical (unpaired) electrons. The number of ether oxygens (including phenoxy) is 2. The van der Waals surface area contributed by atoms with Gasteiger partial charge in [0, 0.05) is 18.8 Å². The zero-order valence-corrected chi connectivity index (χ0v) is 17.6. The van der Waals surface area contributed by atoms with E-state index in [9.17, 15) is 13.2 Å². The minimum Gasteiger partial charge on any atom is -0.484 e. The number of hydrogen-bond donors (Lipinski definition) is 1. The summed E-state index contributed by atoms with van der Waals surface area (Å²) in [6, 6.07) is 11.9. The van der Waals surface area contributed by atoms with Gasteiger partial charge in [-0.2, -0.15) is 4.31 Å². The fourth-order valence-electron chi connectivity index (χ4n) is 2.87. The smallest absolute Gasteiger partial charge is 0.262 e. The number of anilines is 1. The number of carbonyl (C=O) groups is 1. The Bertz CT molecular complexity index is 957. The van der Waals surface area contributed by atoms with E-state index in [1.807, 2.05) is 12.1 Å². The van der Waals surface area contributed by atoms with Crippen LogP contribution in [0.4, 0.5) is 5.69 Å². The third-order valence-corrected chi connectivity index (χ3v) is 6.88. The molecular formula is C20H23ClN2O5S. The molecule has 0 aliphatic carbocycles. The summed E-state index contributed by atoms with van der Waals surface area (Å²) in [7, 11) is -3.77. The highest BCUT2D eigenvalue weighted by molar-refractivity contribution is 7.89. The van der Waals surface area contributed by atoms with E-state index in [-0.39, 0.29) is 29.6 Å². The maximum absolute atomic E-state index is 12.9. The molecule has 0 aromatic heterocycles. The average Bonchev–Trinajstić information content (AvgIpc) is 2.74. The Morgan fingerprint density at radius 1 is 1.17 bits per heavy atom. The minimum atomic E-state index is -3.77. The zero-order chi connectivity index (χ0) is 20.9. The van der Waals surface area contributed by atoms with Crippen LogP contribution in [0.2, 0.25) is 5.02 Å². The van der Waals surface area contributed by atoms with E-state index in [4.69, 9.17) is 21.1 Å². The van der Waals surface area contributed by atoms with Crippen molar-refractivity contribution in [3.63, 3.8) is 0 Å². The van der Waals surface area contributed by atoms with E-state index in [0.29, 0.717) is 24.7 Å². The Kier molecular flexibility index (Phi) is 7.13. The van der Waals surface area contributed by atoms with Gasteiger partial charge in [0.2, 0.25) is 10.0 Å². The quantitative estimate of drug-likeness (QED) is 0.718. The normalized spacial score (nSPS) is 15.1. The molecule has 1 N–H and O–H groups in total. The summed E-state index contributed by atoms with van der Waals surface area (Å²) in [5.74, 6) is 0.186. The summed E-state index contributed by atoms with van der Waals surface area (Å²) in [6.45, 7) is 3.07. The molecule has 3 rings (SSSR count). The lowest BCUT2D eigenvalue weighted by molar-refractivity contribution is -0.118. The van der Waals surface area contributed by atoms with Crippen LogP contribution >= 0.6 is 11.6 Å². The highest BCUT2D eigenvalue weighted by Gasteiger charge is 2.28. The largest absolute Gasteiger partial charge is 0.484 e. The van der Waals surface area contributed by atoms with Crippen LogP contribution in [0.3, 0.4) is 0 Å². The molecule has 0 atom stereocenters. The van der Waals surface area contributed by atoms with Gasteiger partial charge in [-0.25, -0.2) is 8.42 Å². The van der Waals surface area contributed by atoms with Gasteiger partial charge in [0.25, 0.3) is 5.91 Å². The van der Waals surface area contributed by atoms with Crippen LogP contribution in [0.1, 0.15) is 12.5 Å². The van der Waals surface area contributed by atoms with Crippen molar-refractivity contribution in [3.05, 3.63) is 53.1 Å². The van der Waals surface area contributed by atoms with Gasteiger partial charge in [-0.3, -0.25) is 4.79 Å². The molecule has 0 saturated carbocycles. The van der Waals surface area contributed by atoms with Crippen molar-refractivity contribution >= 4 is 33.2 Å². The van der Waals surface area contributed by atoms with Crippen LogP contribution in [0, 0.1) is 0 Å². The number of morpholine rings is 1. The number of nitrogens with one attached hydrogen (secondary N) is 1. The first kappa shape index (κ1) is 21.6. The van der Waals surface area contributed by atoms with Crippen LogP contribution in [0.25, 0.3) is 0 Å². The maximum atomic E-state index is 12.9. The molecule has 2 aromatic rings. The fraction of sp³-hybridized carbons (Fsp3) is 0.350. The molecule has 1 heterocycles. The second kappa shape index (κ2) is 9.58. The zero-order valence-electron chi connectivity index (χ0n) is 16.1. The standard InChI is InChI=1S/C20H23ClN2O5S/c1-2-15-3-6-17(7-4-15)28-14-20(24)22-16-5-8-18(21)19(13-16)29(25,26)23-9-11-27-12-10-23/h3-8,13H,2,9-12,14H2,1H3,(H,22,24). The van der Waals surface area contributed by atoms with Crippen molar-refractivity contribution in [2.45, 2.75) is 18.2 Å². The lowest BCUT2D eigenvalue weighted by Gasteiger charge is -2.26. The first-order valence-electron chi connectivity index (χ1n) is 9.29. The topological polar surface area (TPSA) is 84.9 Å². The summed E-state index contributed by atoms with van der Waals surface area (Å²) in [4.78, 5) is 12.2. The molecule has 1 fully saturated rings. The monoisotopic (exact) mass is 438 g/mol. The maximum Gasteiger partial charge on any atom is 0.262 e. The Labute approximate surface area is 175 Å². The number of benzene rings is 2. The Hall–Kier alpha value is -2.13. The van der Waals surface area contributed by atoms with Gasteiger partial charge < -0.3 is 14.8 Å². The van der Waals surface area contributed by atoms with Crippen molar-refractivity contribution in [2.24, 2.45) is 0 Å². The van der Waals surface area contributed by atoms with Crippen molar-refractivity contribution in [2.75, 3.05) is 38.2 Å². The second-order valence-corrected chi connectivity index (χ2v) is 8.81. The van der Waals surface area contributed by atoms with E-state index in [2.05, 4.69) is 12.2 Å². The molecule has 0 bridgehead atoms. The number of rotatable bonds is 7. The predicted molar refractivity (Wildman–Crippen MR) is 111 cm³/mol. The lowest BCUT2D eigenvalue weighted by atomic mass is 10.2. The molecule has 7 nitrogen and oxygen atoms in total. The van der Waals surface area contributed by atoms with Gasteiger partial charge in [0.05, 0.1) is 18.2 Å². The summed E-state index contributed by atoms with van der Waals surface area (Å²) < 4.78 is 37.7. The van der Waals surface area contributed by atoms with Gasteiger partial charge in [-0.15, -0.1) is 0 Å². The van der Waals surface area contributed by atoms with Crippen molar-refractivity contribution < 1.29 is 22.7 Å². The van der Waals surface area contributed by atoms with E-state index in [1.165, 1.54) is 22.0 Å². The summed E-state index contributed by atoms with van der Waals surface area (Å²) in [6.07, 6.45) is 0.924. The number of hydrogen-bond acceptors (Lipinski definition) is 5. The number of amides is 1. The SMILES string of the molecule is CCc1ccc(OCC(=O)Nc2ccc(Cl)c(S(=O)(=O)N3CCOCC3)c2)cc1. The molecule has 0 spiro atoms. The first-order valence-corrected chi connectivity index (χ1v) is 11.1. The molecule has 2 aromatic carbocycles. The fourth-order valence-corrected chi connectivity index (χ4v) is 4.78. The van der Waals surface area contributed by atoms with Crippen LogP contribution in [0.15, 0.2) is 47.4 Å². The average molecular weight is 439 g/mol. The molecule has 1 aliphatic rings. The first-order chi connectivity index (χ1) is 13.9. The number of halogens is 1. The van der Waals surface area contributed by atoms with Crippen LogP contribution in [-0.2, 0) is 26.0 Å². The molecule has 156 valence electrons. The molecule has 0 unspecified atom stereocenters. The van der Waals surface area contributed by atoms with Gasteiger partial charge >= 0.3 is 0 Å². The number of carbonyl (C=O) groups excluding carboxylic acids is 1. The van der Waals surface area contributed by atoms with Gasteiger partial charge in [0.1, 0.15) is 10.6 Å². The molecule has 1 amide bonds. The second-order valence-electron chi connectivity index (χ2n) is 6.50. The predicted octanol–water partition coefficient (Wildman–Crippen LogP) is 2.94. The van der Waals surface area contributed by atoms with Crippen molar-refractivity contribution in [1.29, 1.82) is 0 Å². The van der Waals surface area contributed by atoms with Crippen LogP contribution in [-0.4, -0.2) is 51.5 Å². The van der Waals surface area contributed by atoms with Crippen LogP contribution in [0.5, 0.6) is 5.75 Å². The van der Waals surface area contributed by atoms with Gasteiger partial charge in [-0.1, -0.05) is 30.7 Å². The summed E-state index contributed by atoms with van der Waals surface area (Å²) in [5.41, 5.74) is 1.51.